The molecule has 0 spiro atoms. The van der Waals surface area contributed by atoms with Crippen LogP contribution in [0.15, 0.2) is 64.2 Å². The van der Waals surface area contributed by atoms with Crippen molar-refractivity contribution >= 4 is 40.2 Å². The fourth-order valence-electron chi connectivity index (χ4n) is 3.08. The molecule has 0 bridgehead atoms. The van der Waals surface area contributed by atoms with Gasteiger partial charge in [-0.1, -0.05) is 42.1 Å². The van der Waals surface area contributed by atoms with E-state index in [-0.39, 0.29) is 17.2 Å². The van der Waals surface area contributed by atoms with Crippen molar-refractivity contribution in [3.8, 4) is 11.6 Å². The van der Waals surface area contributed by atoms with E-state index < -0.39 is 5.91 Å². The number of rotatable bonds is 7. The third-order valence-corrected chi connectivity index (χ3v) is 5.44. The zero-order valence-corrected chi connectivity index (χ0v) is 17.0. The first-order chi connectivity index (χ1) is 14.6. The molecule has 0 saturated carbocycles. The molecule has 2 aromatic heterocycles. The first-order valence-electron chi connectivity index (χ1n) is 9.30. The van der Waals surface area contributed by atoms with Crippen LogP contribution < -0.4 is 11.1 Å². The molecule has 3 N–H and O–H groups in total. The highest BCUT2D eigenvalue weighted by Crippen LogP contribution is 2.29. The van der Waals surface area contributed by atoms with Crippen molar-refractivity contribution in [3.63, 3.8) is 0 Å². The number of amides is 2. The van der Waals surface area contributed by atoms with Crippen LogP contribution in [0.4, 0.5) is 5.69 Å². The number of hydrogen-bond donors (Lipinski definition) is 2. The van der Waals surface area contributed by atoms with Gasteiger partial charge in [-0.25, -0.2) is 0 Å². The molecular formula is C21H19N5O3S. The predicted molar refractivity (Wildman–Crippen MR) is 115 cm³/mol. The standard InChI is InChI=1S/C21H19N5O3S/c1-2-26-20(17-11-13-7-3-6-10-16(13)29-17)24-25-21(26)30-12-18(27)23-15-9-5-4-8-14(15)19(22)28/h3-11H,2,12H2,1H3,(H2,22,28)(H,23,27). The van der Waals surface area contributed by atoms with Gasteiger partial charge in [-0.15, -0.1) is 10.2 Å². The third kappa shape index (κ3) is 3.92. The van der Waals surface area contributed by atoms with Crippen LogP contribution in [-0.2, 0) is 11.3 Å². The van der Waals surface area contributed by atoms with Crippen molar-refractivity contribution in [2.75, 3.05) is 11.1 Å². The second-order valence-electron chi connectivity index (χ2n) is 6.45. The van der Waals surface area contributed by atoms with Crippen LogP contribution >= 0.6 is 11.8 Å². The van der Waals surface area contributed by atoms with Crippen molar-refractivity contribution in [1.29, 1.82) is 0 Å². The van der Waals surface area contributed by atoms with E-state index in [0.717, 1.165) is 11.0 Å². The van der Waals surface area contributed by atoms with E-state index in [1.54, 1.807) is 24.3 Å². The number of thioether (sulfide) groups is 1. The number of nitrogens with two attached hydrogens (primary N) is 1. The molecule has 2 amide bonds. The van der Waals surface area contributed by atoms with Crippen molar-refractivity contribution in [2.45, 2.75) is 18.6 Å². The zero-order chi connectivity index (χ0) is 21.1. The van der Waals surface area contributed by atoms with E-state index in [1.165, 1.54) is 11.8 Å². The molecule has 2 heterocycles. The summed E-state index contributed by atoms with van der Waals surface area (Å²) in [6, 6.07) is 16.3. The van der Waals surface area contributed by atoms with Crippen molar-refractivity contribution < 1.29 is 14.0 Å². The van der Waals surface area contributed by atoms with Gasteiger partial charge in [-0.3, -0.25) is 14.2 Å². The van der Waals surface area contributed by atoms with Crippen LogP contribution in [0.2, 0.25) is 0 Å². The highest BCUT2D eigenvalue weighted by molar-refractivity contribution is 7.99. The van der Waals surface area contributed by atoms with E-state index in [1.807, 2.05) is 41.8 Å². The molecule has 0 aliphatic carbocycles. The Bertz CT molecular complexity index is 1200. The summed E-state index contributed by atoms with van der Waals surface area (Å²) < 4.78 is 7.79. The average Bonchev–Trinajstić information content (AvgIpc) is 3.35. The molecule has 8 nitrogen and oxygen atoms in total. The SMILES string of the molecule is CCn1c(SCC(=O)Nc2ccccc2C(N)=O)nnc1-c1cc2ccccc2o1. The smallest absolute Gasteiger partial charge is 0.250 e. The lowest BCUT2D eigenvalue weighted by atomic mass is 10.1. The van der Waals surface area contributed by atoms with Crippen LogP contribution in [-0.4, -0.2) is 32.3 Å². The molecule has 0 aliphatic rings. The van der Waals surface area contributed by atoms with Crippen LogP contribution in [0.3, 0.4) is 0 Å². The number of benzene rings is 2. The fourth-order valence-corrected chi connectivity index (χ4v) is 3.88. The van der Waals surface area contributed by atoms with Gasteiger partial charge in [0.15, 0.2) is 10.9 Å². The van der Waals surface area contributed by atoms with E-state index in [2.05, 4.69) is 15.5 Å². The quantitative estimate of drug-likeness (QED) is 0.441. The van der Waals surface area contributed by atoms with E-state index >= 15 is 0 Å². The first kappa shape index (κ1) is 19.7. The number of carbonyl (C=O) groups is 2. The largest absolute Gasteiger partial charge is 0.453 e. The minimum atomic E-state index is -0.597. The lowest BCUT2D eigenvalue weighted by Crippen LogP contribution is -2.19. The molecule has 0 aliphatic heterocycles. The van der Waals surface area contributed by atoms with Gasteiger partial charge in [0.05, 0.1) is 17.0 Å². The molecule has 152 valence electrons. The van der Waals surface area contributed by atoms with Gasteiger partial charge >= 0.3 is 0 Å². The maximum Gasteiger partial charge on any atom is 0.250 e. The second kappa shape index (κ2) is 8.42. The Morgan fingerprint density at radius 1 is 1.13 bits per heavy atom. The van der Waals surface area contributed by atoms with Gasteiger partial charge in [0.2, 0.25) is 11.7 Å². The maximum absolute atomic E-state index is 12.4. The number of anilines is 1. The zero-order valence-electron chi connectivity index (χ0n) is 16.2. The fraction of sp³-hybridized carbons (Fsp3) is 0.143. The summed E-state index contributed by atoms with van der Waals surface area (Å²) in [6.07, 6.45) is 0. The molecule has 30 heavy (non-hydrogen) atoms. The predicted octanol–water partition coefficient (Wildman–Crippen LogP) is 3.54. The Labute approximate surface area is 176 Å². The number of fused-ring (bicyclic) bond motifs is 1. The number of furan rings is 1. The van der Waals surface area contributed by atoms with Gasteiger partial charge in [-0.2, -0.15) is 0 Å². The van der Waals surface area contributed by atoms with Crippen LogP contribution in [0.1, 0.15) is 17.3 Å². The lowest BCUT2D eigenvalue weighted by molar-refractivity contribution is -0.113. The lowest BCUT2D eigenvalue weighted by Gasteiger charge is -2.09. The van der Waals surface area contributed by atoms with Gasteiger partial charge in [0.25, 0.3) is 5.91 Å². The summed E-state index contributed by atoms with van der Waals surface area (Å²) in [6.45, 7) is 2.59. The van der Waals surface area contributed by atoms with E-state index in [9.17, 15) is 9.59 Å². The van der Waals surface area contributed by atoms with Crippen LogP contribution in [0, 0.1) is 0 Å². The van der Waals surface area contributed by atoms with E-state index in [4.69, 9.17) is 10.2 Å². The summed E-state index contributed by atoms with van der Waals surface area (Å²) in [7, 11) is 0. The molecule has 0 radical (unpaired) electrons. The Morgan fingerprint density at radius 2 is 1.90 bits per heavy atom. The monoisotopic (exact) mass is 421 g/mol. The van der Waals surface area contributed by atoms with Gasteiger partial charge in [-0.05, 0) is 31.2 Å². The summed E-state index contributed by atoms with van der Waals surface area (Å²) in [5, 5.41) is 12.8. The molecule has 4 aromatic rings. The number of primary amides is 1. The first-order valence-corrected chi connectivity index (χ1v) is 10.3. The minimum absolute atomic E-state index is 0.103. The van der Waals surface area contributed by atoms with Gasteiger partial charge < -0.3 is 15.5 Å². The number of aromatic nitrogens is 3. The molecule has 0 atom stereocenters. The van der Waals surface area contributed by atoms with Gasteiger partial charge in [0.1, 0.15) is 5.58 Å². The maximum atomic E-state index is 12.4. The Morgan fingerprint density at radius 3 is 2.67 bits per heavy atom. The Hall–Kier alpha value is -3.59. The molecule has 0 unspecified atom stereocenters. The van der Waals surface area contributed by atoms with Crippen molar-refractivity contribution in [2.24, 2.45) is 5.73 Å². The van der Waals surface area contributed by atoms with Crippen molar-refractivity contribution in [1.82, 2.24) is 14.8 Å². The minimum Gasteiger partial charge on any atom is -0.453 e. The third-order valence-electron chi connectivity index (χ3n) is 4.48. The highest BCUT2D eigenvalue weighted by Gasteiger charge is 2.18. The molecule has 4 rings (SSSR count). The molecule has 9 heteroatoms. The number of para-hydroxylation sites is 2. The normalized spacial score (nSPS) is 11.0. The number of nitrogens with zero attached hydrogens (tertiary/aromatic N) is 3. The summed E-state index contributed by atoms with van der Waals surface area (Å²) in [5.74, 6) is 0.461. The Balaban J connectivity index is 1.49. The second-order valence-corrected chi connectivity index (χ2v) is 7.39. The van der Waals surface area contributed by atoms with Crippen LogP contribution in [0.25, 0.3) is 22.6 Å². The number of hydrogen-bond acceptors (Lipinski definition) is 6. The topological polar surface area (TPSA) is 116 Å². The summed E-state index contributed by atoms with van der Waals surface area (Å²) >= 11 is 1.26. The van der Waals surface area contributed by atoms with Gasteiger partial charge in [0, 0.05) is 11.9 Å². The van der Waals surface area contributed by atoms with Crippen molar-refractivity contribution in [3.05, 3.63) is 60.2 Å². The number of nitrogens with one attached hydrogen (secondary N) is 1. The summed E-state index contributed by atoms with van der Waals surface area (Å²) in [5.41, 5.74) is 6.78. The van der Waals surface area contributed by atoms with Crippen LogP contribution in [0.5, 0.6) is 0 Å². The average molecular weight is 421 g/mol. The van der Waals surface area contributed by atoms with E-state index in [0.29, 0.717) is 29.0 Å². The molecule has 0 saturated heterocycles. The molecule has 0 fully saturated rings. The molecular weight excluding hydrogens is 402 g/mol. The molecule has 2 aromatic carbocycles. The number of carbonyl (C=O) groups excluding carboxylic acids is 2. The Kier molecular flexibility index (Phi) is 5.53. The summed E-state index contributed by atoms with van der Waals surface area (Å²) in [4.78, 5) is 23.9. The highest BCUT2D eigenvalue weighted by atomic mass is 32.2.